The molecule has 2 nitrogen and oxygen atoms in total. The van der Waals surface area contributed by atoms with E-state index in [2.05, 4.69) is 18.8 Å². The number of rotatable bonds is 7. The summed E-state index contributed by atoms with van der Waals surface area (Å²) >= 11 is 0. The topological polar surface area (TPSA) is 34.1 Å². The van der Waals surface area contributed by atoms with E-state index in [-0.39, 0.29) is 17.1 Å². The maximum Gasteiger partial charge on any atom is 0.196 e. The van der Waals surface area contributed by atoms with Gasteiger partial charge in [-0.3, -0.25) is 9.59 Å². The van der Waals surface area contributed by atoms with Gasteiger partial charge in [0, 0.05) is 23.1 Å². The molecule has 0 unspecified atom stereocenters. The van der Waals surface area contributed by atoms with Gasteiger partial charge in [0.2, 0.25) is 0 Å². The first-order chi connectivity index (χ1) is 14.7. The van der Waals surface area contributed by atoms with Crippen molar-refractivity contribution in [2.24, 2.45) is 0 Å². The number of unbranched alkanes of at least 4 members (excludes halogenated alkanes) is 2. The zero-order valence-electron chi connectivity index (χ0n) is 17.1. The molecule has 30 heavy (non-hydrogen) atoms. The van der Waals surface area contributed by atoms with Crippen molar-refractivity contribution in [2.45, 2.75) is 26.2 Å². The lowest BCUT2D eigenvalue weighted by Gasteiger charge is -2.08. The van der Waals surface area contributed by atoms with E-state index in [1.54, 1.807) is 54.6 Å². The number of ketones is 2. The Kier molecular flexibility index (Phi) is 7.52. The van der Waals surface area contributed by atoms with E-state index < -0.39 is 0 Å². The van der Waals surface area contributed by atoms with Gasteiger partial charge in [0.05, 0.1) is 5.57 Å². The van der Waals surface area contributed by atoms with Crippen molar-refractivity contribution >= 4 is 17.6 Å². The van der Waals surface area contributed by atoms with Crippen molar-refractivity contribution in [2.75, 3.05) is 0 Å². The molecule has 2 heteroatoms. The fourth-order valence-corrected chi connectivity index (χ4v) is 3.04. The van der Waals surface area contributed by atoms with Crippen LogP contribution in [-0.2, 0) is 0 Å². The molecule has 0 aliphatic heterocycles. The average molecular weight is 392 g/mol. The average Bonchev–Trinajstić information content (AvgIpc) is 2.81. The predicted octanol–water partition coefficient (Wildman–Crippen LogP) is 6.38. The smallest absolute Gasteiger partial charge is 0.196 e. The van der Waals surface area contributed by atoms with Gasteiger partial charge in [-0.15, -0.1) is 0 Å². The van der Waals surface area contributed by atoms with Crippen LogP contribution in [0.15, 0.2) is 90.5 Å². The van der Waals surface area contributed by atoms with Crippen molar-refractivity contribution in [3.8, 4) is 11.8 Å². The molecule has 0 aliphatic rings. The molecular weight excluding hydrogens is 368 g/mol. The fraction of sp³-hybridized carbons (Fsp3) is 0.143. The lowest BCUT2D eigenvalue weighted by molar-refractivity contribution is 0.0964. The van der Waals surface area contributed by atoms with Gasteiger partial charge in [0.15, 0.2) is 11.6 Å². The highest BCUT2D eigenvalue weighted by atomic mass is 16.1. The Labute approximate surface area is 178 Å². The number of benzene rings is 3. The molecule has 0 saturated carbocycles. The van der Waals surface area contributed by atoms with E-state index >= 15 is 0 Å². The Balaban J connectivity index is 2.06. The molecule has 3 aromatic carbocycles. The lowest BCUT2D eigenvalue weighted by atomic mass is 9.93. The van der Waals surface area contributed by atoms with Crippen molar-refractivity contribution in [1.29, 1.82) is 0 Å². The molecule has 0 N–H and O–H groups in total. The van der Waals surface area contributed by atoms with Crippen LogP contribution in [0.3, 0.4) is 0 Å². The summed E-state index contributed by atoms with van der Waals surface area (Å²) in [6.45, 7) is 2.13. The van der Waals surface area contributed by atoms with Crippen LogP contribution in [0.1, 0.15) is 58.0 Å². The Morgan fingerprint density at radius 2 is 1.30 bits per heavy atom. The second-order valence-corrected chi connectivity index (χ2v) is 6.94. The highest BCUT2D eigenvalue weighted by molar-refractivity contribution is 6.33. The quantitative estimate of drug-likeness (QED) is 0.117. The van der Waals surface area contributed by atoms with Crippen molar-refractivity contribution < 1.29 is 9.59 Å². The third kappa shape index (κ3) is 5.43. The molecule has 3 aromatic rings. The summed E-state index contributed by atoms with van der Waals surface area (Å²) in [6, 6.07) is 25.4. The molecule has 0 amide bonds. The molecule has 0 atom stereocenters. The van der Waals surface area contributed by atoms with E-state index in [0.717, 1.165) is 30.4 Å². The Bertz CT molecular complexity index is 1040. The number of hydrogen-bond donors (Lipinski definition) is 0. The number of allylic oxidation sites excluding steroid dienone is 1. The number of carbonyl (C=O) groups excluding carboxylic acids is 2. The van der Waals surface area contributed by atoms with E-state index in [1.165, 1.54) is 0 Å². The van der Waals surface area contributed by atoms with Crippen LogP contribution in [0.4, 0.5) is 0 Å². The van der Waals surface area contributed by atoms with Gasteiger partial charge in [-0.05, 0) is 24.1 Å². The molecule has 0 fully saturated rings. The van der Waals surface area contributed by atoms with Crippen LogP contribution in [0.2, 0.25) is 0 Å². The molecule has 3 rings (SSSR count). The molecule has 0 spiro atoms. The highest BCUT2D eigenvalue weighted by Gasteiger charge is 2.21. The maximum atomic E-state index is 13.2. The third-order valence-corrected chi connectivity index (χ3v) is 4.70. The summed E-state index contributed by atoms with van der Waals surface area (Å²) in [4.78, 5) is 26.5. The first kappa shape index (κ1) is 21.0. The normalized spacial score (nSPS) is 9.90. The summed E-state index contributed by atoms with van der Waals surface area (Å²) in [5, 5.41) is 0. The standard InChI is InChI=1S/C28H24O2/c1-2-3-4-7-14-22-15-12-13-20-25(22)21-26(27(29)23-16-8-5-9-17-23)28(30)24-18-10-6-11-19-24/h5-6,8-13,15-21H,2-4H2,1H3. The van der Waals surface area contributed by atoms with Crippen LogP contribution >= 0.6 is 0 Å². The molecule has 0 aromatic heterocycles. The summed E-state index contributed by atoms with van der Waals surface area (Å²) in [6.07, 6.45) is 4.65. The Morgan fingerprint density at radius 3 is 1.87 bits per heavy atom. The minimum atomic E-state index is -0.293. The predicted molar refractivity (Wildman–Crippen MR) is 122 cm³/mol. The fourth-order valence-electron chi connectivity index (χ4n) is 3.04. The van der Waals surface area contributed by atoms with Crippen LogP contribution in [0.5, 0.6) is 0 Å². The summed E-state index contributed by atoms with van der Waals surface area (Å²) in [5.41, 5.74) is 2.69. The molecule has 0 aliphatic carbocycles. The molecule has 0 radical (unpaired) electrons. The van der Waals surface area contributed by atoms with Gasteiger partial charge < -0.3 is 0 Å². The minimum absolute atomic E-state index is 0.134. The third-order valence-electron chi connectivity index (χ3n) is 4.70. The molecular formula is C28H24O2. The zero-order valence-corrected chi connectivity index (χ0v) is 17.1. The van der Waals surface area contributed by atoms with Gasteiger partial charge in [-0.2, -0.15) is 0 Å². The van der Waals surface area contributed by atoms with Crippen LogP contribution in [-0.4, -0.2) is 11.6 Å². The van der Waals surface area contributed by atoms with Gasteiger partial charge in [0.25, 0.3) is 0 Å². The van der Waals surface area contributed by atoms with Crippen molar-refractivity contribution in [3.05, 3.63) is 113 Å². The van der Waals surface area contributed by atoms with Gasteiger partial charge >= 0.3 is 0 Å². The molecule has 0 bridgehead atoms. The van der Waals surface area contributed by atoms with Crippen molar-refractivity contribution in [1.82, 2.24) is 0 Å². The van der Waals surface area contributed by atoms with Crippen molar-refractivity contribution in [3.63, 3.8) is 0 Å². The largest absolute Gasteiger partial charge is 0.288 e. The van der Waals surface area contributed by atoms with Gasteiger partial charge in [-0.1, -0.05) is 104 Å². The highest BCUT2D eigenvalue weighted by Crippen LogP contribution is 2.20. The molecule has 0 saturated heterocycles. The summed E-state index contributed by atoms with van der Waals surface area (Å²) in [5.74, 6) is 5.80. The lowest BCUT2D eigenvalue weighted by Crippen LogP contribution is -2.14. The minimum Gasteiger partial charge on any atom is -0.288 e. The van der Waals surface area contributed by atoms with E-state index in [9.17, 15) is 9.59 Å². The van der Waals surface area contributed by atoms with E-state index in [0.29, 0.717) is 11.1 Å². The number of carbonyl (C=O) groups is 2. The van der Waals surface area contributed by atoms with Gasteiger partial charge in [-0.25, -0.2) is 0 Å². The first-order valence-corrected chi connectivity index (χ1v) is 10.2. The Hall–Kier alpha value is -3.70. The van der Waals surface area contributed by atoms with Crippen LogP contribution in [0.25, 0.3) is 6.08 Å². The summed E-state index contributed by atoms with van der Waals surface area (Å²) < 4.78 is 0. The number of hydrogen-bond acceptors (Lipinski definition) is 2. The second-order valence-electron chi connectivity index (χ2n) is 6.94. The first-order valence-electron chi connectivity index (χ1n) is 10.2. The van der Waals surface area contributed by atoms with E-state index in [1.807, 2.05) is 36.4 Å². The zero-order chi connectivity index (χ0) is 21.2. The maximum absolute atomic E-state index is 13.2. The monoisotopic (exact) mass is 392 g/mol. The number of Topliss-reactive ketones (excluding diaryl/α,β-unsaturated/α-hetero) is 2. The van der Waals surface area contributed by atoms with Gasteiger partial charge in [0.1, 0.15) is 0 Å². The molecule has 0 heterocycles. The second kappa shape index (κ2) is 10.7. The van der Waals surface area contributed by atoms with E-state index in [4.69, 9.17) is 0 Å². The Morgan fingerprint density at radius 1 is 0.767 bits per heavy atom. The molecule has 148 valence electrons. The summed E-state index contributed by atoms with van der Waals surface area (Å²) in [7, 11) is 0. The van der Waals surface area contributed by atoms with Crippen LogP contribution in [0, 0.1) is 11.8 Å². The SMILES string of the molecule is CCCCC#Cc1ccccc1C=C(C(=O)c1ccccc1)C(=O)c1ccccc1. The van der Waals surface area contributed by atoms with Crippen LogP contribution < -0.4 is 0 Å².